The number of hydrogen-bond acceptors (Lipinski definition) is 5. The van der Waals surface area contributed by atoms with Crippen molar-refractivity contribution in [3.05, 3.63) is 47.0 Å². The SMILES string of the molecule is CCNC(=O)Cc1nccc2nn(Cc3cnc(OCC(F)F)c(Cl)c3)cc12. The first-order chi connectivity index (χ1) is 13.5. The Hall–Kier alpha value is -2.81. The predicted molar refractivity (Wildman–Crippen MR) is 99.8 cm³/mol. The van der Waals surface area contributed by atoms with Crippen LogP contribution in [0.4, 0.5) is 8.78 Å². The lowest BCUT2D eigenvalue weighted by Gasteiger charge is -2.08. The number of carbonyl (C=O) groups excluding carboxylic acids is 1. The van der Waals surface area contributed by atoms with Gasteiger partial charge in [0.05, 0.1) is 24.2 Å². The van der Waals surface area contributed by atoms with Gasteiger partial charge in [0.1, 0.15) is 5.02 Å². The molecule has 0 aliphatic carbocycles. The monoisotopic (exact) mass is 409 g/mol. The molecular formula is C18H18ClF2N5O2. The zero-order valence-electron chi connectivity index (χ0n) is 15.0. The number of carbonyl (C=O) groups is 1. The molecule has 1 amide bonds. The highest BCUT2D eigenvalue weighted by atomic mass is 35.5. The molecule has 0 atom stereocenters. The van der Waals surface area contributed by atoms with Crippen LogP contribution in [0.25, 0.3) is 10.9 Å². The molecule has 3 aromatic rings. The summed E-state index contributed by atoms with van der Waals surface area (Å²) >= 11 is 6.05. The number of amides is 1. The van der Waals surface area contributed by atoms with E-state index in [0.717, 1.165) is 10.9 Å². The molecule has 3 heterocycles. The molecule has 0 unspecified atom stereocenters. The van der Waals surface area contributed by atoms with E-state index in [2.05, 4.69) is 20.4 Å². The van der Waals surface area contributed by atoms with Crippen molar-refractivity contribution in [2.24, 2.45) is 0 Å². The van der Waals surface area contributed by atoms with Gasteiger partial charge < -0.3 is 10.1 Å². The number of nitrogens with one attached hydrogen (secondary N) is 1. The predicted octanol–water partition coefficient (Wildman–Crippen LogP) is 2.85. The maximum absolute atomic E-state index is 12.2. The average Bonchev–Trinajstić information content (AvgIpc) is 3.04. The zero-order chi connectivity index (χ0) is 20.1. The van der Waals surface area contributed by atoms with Crippen LogP contribution in [0.15, 0.2) is 30.7 Å². The van der Waals surface area contributed by atoms with Gasteiger partial charge >= 0.3 is 0 Å². The van der Waals surface area contributed by atoms with E-state index in [4.69, 9.17) is 16.3 Å². The molecule has 0 fully saturated rings. The minimum Gasteiger partial charge on any atom is -0.471 e. The highest BCUT2D eigenvalue weighted by Crippen LogP contribution is 2.24. The third-order valence-corrected chi connectivity index (χ3v) is 4.09. The molecule has 1 N–H and O–H groups in total. The second kappa shape index (κ2) is 8.92. The molecule has 7 nitrogen and oxygen atoms in total. The Bertz CT molecular complexity index is 980. The molecule has 0 aliphatic heterocycles. The summed E-state index contributed by atoms with van der Waals surface area (Å²) in [5, 5.41) is 8.15. The van der Waals surface area contributed by atoms with Crippen LogP contribution in [-0.2, 0) is 17.8 Å². The van der Waals surface area contributed by atoms with Gasteiger partial charge in [-0.2, -0.15) is 5.10 Å². The summed E-state index contributed by atoms with van der Waals surface area (Å²) < 4.78 is 31.0. The topological polar surface area (TPSA) is 81.9 Å². The highest BCUT2D eigenvalue weighted by molar-refractivity contribution is 6.31. The second-order valence-corrected chi connectivity index (χ2v) is 6.39. The third kappa shape index (κ3) is 4.92. The van der Waals surface area contributed by atoms with E-state index in [1.54, 1.807) is 29.2 Å². The lowest BCUT2D eigenvalue weighted by Crippen LogP contribution is -2.24. The van der Waals surface area contributed by atoms with Crippen molar-refractivity contribution in [3.8, 4) is 5.88 Å². The number of pyridine rings is 2. The fourth-order valence-electron chi connectivity index (χ4n) is 2.67. The number of likely N-dealkylation sites (N-methyl/N-ethyl adjacent to an activating group) is 1. The standard InChI is InChI=1S/C18H18ClF2N5O2/c1-2-22-17(27)6-15-12-9-26(25-14(12)3-4-23-15)8-11-5-13(19)18(24-7-11)28-10-16(20)21/h3-5,7,9,16H,2,6,8,10H2,1H3,(H,22,27). The maximum Gasteiger partial charge on any atom is 0.272 e. The van der Waals surface area contributed by atoms with E-state index < -0.39 is 13.0 Å². The van der Waals surface area contributed by atoms with Crippen LogP contribution in [0.2, 0.25) is 5.02 Å². The molecule has 0 saturated carbocycles. The minimum atomic E-state index is -2.60. The van der Waals surface area contributed by atoms with Crippen molar-refractivity contribution in [1.82, 2.24) is 25.1 Å². The number of rotatable bonds is 8. The average molecular weight is 410 g/mol. The summed E-state index contributed by atoms with van der Waals surface area (Å²) in [5.74, 6) is -0.143. The van der Waals surface area contributed by atoms with Gasteiger partial charge in [-0.25, -0.2) is 13.8 Å². The molecule has 3 rings (SSSR count). The van der Waals surface area contributed by atoms with Gasteiger partial charge in [-0.1, -0.05) is 11.6 Å². The van der Waals surface area contributed by atoms with Gasteiger partial charge in [-0.15, -0.1) is 0 Å². The Morgan fingerprint density at radius 1 is 1.39 bits per heavy atom. The summed E-state index contributed by atoms with van der Waals surface area (Å²) in [6.45, 7) is 2.00. The van der Waals surface area contributed by atoms with Crippen molar-refractivity contribution < 1.29 is 18.3 Å². The summed E-state index contributed by atoms with van der Waals surface area (Å²) in [6.07, 6.45) is 2.47. The zero-order valence-corrected chi connectivity index (χ0v) is 15.8. The van der Waals surface area contributed by atoms with Gasteiger partial charge in [0.2, 0.25) is 11.8 Å². The summed E-state index contributed by atoms with van der Waals surface area (Å²) in [4.78, 5) is 20.1. The number of halogens is 3. The molecule has 148 valence electrons. The molecule has 0 aliphatic rings. The fraction of sp³-hybridized carbons (Fsp3) is 0.333. The molecular weight excluding hydrogens is 392 g/mol. The van der Waals surface area contributed by atoms with E-state index in [1.807, 2.05) is 6.92 Å². The lowest BCUT2D eigenvalue weighted by molar-refractivity contribution is -0.120. The second-order valence-electron chi connectivity index (χ2n) is 5.98. The Morgan fingerprint density at radius 3 is 2.93 bits per heavy atom. The van der Waals surface area contributed by atoms with Crippen LogP contribution in [0, 0.1) is 0 Å². The smallest absolute Gasteiger partial charge is 0.272 e. The maximum atomic E-state index is 12.2. The number of hydrogen-bond donors (Lipinski definition) is 1. The van der Waals surface area contributed by atoms with Gasteiger partial charge in [0, 0.05) is 30.5 Å². The van der Waals surface area contributed by atoms with Gasteiger partial charge in [0.15, 0.2) is 6.61 Å². The van der Waals surface area contributed by atoms with Crippen molar-refractivity contribution in [2.45, 2.75) is 26.3 Å². The molecule has 0 saturated heterocycles. The van der Waals surface area contributed by atoms with Crippen molar-refractivity contribution in [3.63, 3.8) is 0 Å². The van der Waals surface area contributed by atoms with Gasteiger partial charge in [0.25, 0.3) is 6.43 Å². The van der Waals surface area contributed by atoms with Crippen LogP contribution < -0.4 is 10.1 Å². The Kier molecular flexibility index (Phi) is 6.35. The first-order valence-corrected chi connectivity index (χ1v) is 8.97. The minimum absolute atomic E-state index is 0.0373. The van der Waals surface area contributed by atoms with Crippen molar-refractivity contribution in [1.29, 1.82) is 0 Å². The largest absolute Gasteiger partial charge is 0.471 e. The van der Waals surface area contributed by atoms with E-state index in [0.29, 0.717) is 24.3 Å². The molecule has 3 aromatic heterocycles. The molecule has 0 radical (unpaired) electrons. The van der Waals surface area contributed by atoms with Crippen LogP contribution >= 0.6 is 11.6 Å². The van der Waals surface area contributed by atoms with E-state index >= 15 is 0 Å². The molecule has 0 aromatic carbocycles. The third-order valence-electron chi connectivity index (χ3n) is 3.82. The van der Waals surface area contributed by atoms with Crippen molar-refractivity contribution >= 4 is 28.4 Å². The summed E-state index contributed by atoms with van der Waals surface area (Å²) in [7, 11) is 0. The lowest BCUT2D eigenvalue weighted by atomic mass is 10.2. The van der Waals surface area contributed by atoms with Gasteiger partial charge in [-0.05, 0) is 24.6 Å². The van der Waals surface area contributed by atoms with E-state index in [-0.39, 0.29) is 23.2 Å². The number of fused-ring (bicyclic) bond motifs is 1. The molecule has 0 bridgehead atoms. The Labute approximate surface area is 164 Å². The fourth-order valence-corrected chi connectivity index (χ4v) is 2.91. The van der Waals surface area contributed by atoms with Crippen LogP contribution in [0.5, 0.6) is 5.88 Å². The van der Waals surface area contributed by atoms with Crippen LogP contribution in [0.1, 0.15) is 18.2 Å². The normalized spacial score (nSPS) is 11.2. The highest BCUT2D eigenvalue weighted by Gasteiger charge is 2.12. The first kappa shape index (κ1) is 19.9. The summed E-state index contributed by atoms with van der Waals surface area (Å²) in [6, 6.07) is 3.36. The molecule has 0 spiro atoms. The van der Waals surface area contributed by atoms with Crippen LogP contribution in [0.3, 0.4) is 0 Å². The van der Waals surface area contributed by atoms with E-state index in [1.165, 1.54) is 6.20 Å². The van der Waals surface area contributed by atoms with E-state index in [9.17, 15) is 13.6 Å². The van der Waals surface area contributed by atoms with Crippen LogP contribution in [-0.4, -0.2) is 45.2 Å². The first-order valence-electron chi connectivity index (χ1n) is 8.59. The van der Waals surface area contributed by atoms with Gasteiger partial charge in [-0.3, -0.25) is 14.5 Å². The molecule has 10 heteroatoms. The molecule has 28 heavy (non-hydrogen) atoms. The Balaban J connectivity index is 1.77. The van der Waals surface area contributed by atoms with Crippen molar-refractivity contribution in [2.75, 3.05) is 13.2 Å². The summed E-state index contributed by atoms with van der Waals surface area (Å²) in [5.41, 5.74) is 2.08. The number of alkyl halides is 2. The quantitative estimate of drug-likeness (QED) is 0.618. The number of aromatic nitrogens is 4. The number of nitrogens with zero attached hydrogens (tertiary/aromatic N) is 4. The Morgan fingerprint density at radius 2 is 2.21 bits per heavy atom. The number of ether oxygens (including phenoxy) is 1.